The molecule has 1 aromatic rings. The number of carbonyl (C=O) groups is 1. The maximum atomic E-state index is 12.7. The quantitative estimate of drug-likeness (QED) is 0.916. The van der Waals surface area contributed by atoms with E-state index in [-0.39, 0.29) is 19.4 Å². The lowest BCUT2D eigenvalue weighted by Crippen LogP contribution is -2.44. The number of nitrogens with zero attached hydrogens (tertiary/aromatic N) is 1. The second-order valence-corrected chi connectivity index (χ2v) is 6.54. The first-order valence-corrected chi connectivity index (χ1v) is 7.46. The van der Waals surface area contributed by atoms with Gasteiger partial charge in [0.1, 0.15) is 0 Å². The number of carboxylic acids is 1. The molecule has 21 heavy (non-hydrogen) atoms. The number of rotatable bonds is 3. The Labute approximate surface area is 118 Å². The average Bonchev–Trinajstić information content (AvgIpc) is 2.88. The van der Waals surface area contributed by atoms with Crippen LogP contribution in [0.25, 0.3) is 0 Å². The Bertz CT molecular complexity index is 637. The molecule has 2 rings (SSSR count). The van der Waals surface area contributed by atoms with Gasteiger partial charge in [-0.1, -0.05) is 0 Å². The molecule has 10 heteroatoms. The molecule has 118 valence electrons. The number of halogens is 3. The molecule has 1 saturated heterocycles. The van der Waals surface area contributed by atoms with Crippen molar-refractivity contribution in [2.45, 2.75) is 24.1 Å². The van der Waals surface area contributed by atoms with E-state index in [9.17, 15) is 26.4 Å². The van der Waals surface area contributed by atoms with Gasteiger partial charge in [-0.2, -0.15) is 17.5 Å². The molecule has 1 fully saturated rings. The van der Waals surface area contributed by atoms with E-state index in [2.05, 4.69) is 4.42 Å². The summed E-state index contributed by atoms with van der Waals surface area (Å²) in [7, 11) is -4.26. The Morgan fingerprint density at radius 1 is 1.38 bits per heavy atom. The summed E-state index contributed by atoms with van der Waals surface area (Å²) in [6.45, 7) is -0.743. The summed E-state index contributed by atoms with van der Waals surface area (Å²) in [5.41, 5.74) is 0. The van der Waals surface area contributed by atoms with Gasteiger partial charge in [-0.3, -0.25) is 0 Å². The van der Waals surface area contributed by atoms with Gasteiger partial charge < -0.3 is 9.52 Å². The second-order valence-electron chi connectivity index (χ2n) is 4.67. The molecule has 1 aliphatic rings. The molecule has 1 unspecified atom stereocenters. The van der Waals surface area contributed by atoms with Crippen LogP contribution in [0.1, 0.15) is 23.4 Å². The zero-order valence-electron chi connectivity index (χ0n) is 10.6. The van der Waals surface area contributed by atoms with Crippen molar-refractivity contribution in [1.29, 1.82) is 0 Å². The molecule has 1 atom stereocenters. The van der Waals surface area contributed by atoms with Crippen molar-refractivity contribution in [1.82, 2.24) is 4.31 Å². The van der Waals surface area contributed by atoms with Crippen molar-refractivity contribution in [3.63, 3.8) is 0 Å². The minimum Gasteiger partial charge on any atom is -0.475 e. The largest absolute Gasteiger partial charge is 0.475 e. The maximum Gasteiger partial charge on any atom is 0.393 e. The van der Waals surface area contributed by atoms with Crippen molar-refractivity contribution in [3.05, 3.63) is 17.9 Å². The van der Waals surface area contributed by atoms with Crippen LogP contribution < -0.4 is 0 Å². The van der Waals surface area contributed by atoms with Crippen molar-refractivity contribution in [2.24, 2.45) is 5.92 Å². The van der Waals surface area contributed by atoms with Gasteiger partial charge in [-0.25, -0.2) is 13.2 Å². The summed E-state index contributed by atoms with van der Waals surface area (Å²) in [4.78, 5) is 10.7. The van der Waals surface area contributed by atoms with Crippen molar-refractivity contribution >= 4 is 16.0 Å². The van der Waals surface area contributed by atoms with Crippen LogP contribution in [-0.4, -0.2) is 43.1 Å². The van der Waals surface area contributed by atoms with E-state index in [1.807, 2.05) is 0 Å². The SMILES string of the molecule is O=C(O)c1ccc(S(=O)(=O)N2CCCC(C(F)(F)F)C2)o1. The molecule has 2 heterocycles. The molecule has 0 amide bonds. The molecular weight excluding hydrogens is 315 g/mol. The summed E-state index contributed by atoms with van der Waals surface area (Å²) >= 11 is 0. The topological polar surface area (TPSA) is 87.8 Å². The second kappa shape index (κ2) is 5.34. The highest BCUT2D eigenvalue weighted by molar-refractivity contribution is 7.89. The Hall–Kier alpha value is -1.55. The number of carboxylic acid groups (broad SMARTS) is 1. The summed E-state index contributed by atoms with van der Waals surface area (Å²) in [6, 6.07) is 1.87. The first kappa shape index (κ1) is 15.8. The Balaban J connectivity index is 2.24. The third kappa shape index (κ3) is 3.21. The van der Waals surface area contributed by atoms with Gasteiger partial charge in [0.2, 0.25) is 10.9 Å². The molecule has 0 spiro atoms. The number of hydrogen-bond donors (Lipinski definition) is 1. The minimum absolute atomic E-state index is 0.0575. The Kier molecular flexibility index (Phi) is 4.02. The predicted molar refractivity (Wildman–Crippen MR) is 63.2 cm³/mol. The summed E-state index contributed by atoms with van der Waals surface area (Å²) in [6.07, 6.45) is -4.52. The van der Waals surface area contributed by atoms with Crippen LogP contribution in [0.4, 0.5) is 13.2 Å². The van der Waals surface area contributed by atoms with E-state index in [1.54, 1.807) is 0 Å². The van der Waals surface area contributed by atoms with Gasteiger partial charge in [0.05, 0.1) is 5.92 Å². The third-order valence-electron chi connectivity index (χ3n) is 3.23. The number of aromatic carboxylic acids is 1. The molecule has 1 N–H and O–H groups in total. The number of piperidine rings is 1. The van der Waals surface area contributed by atoms with Crippen LogP contribution in [0.2, 0.25) is 0 Å². The van der Waals surface area contributed by atoms with E-state index < -0.39 is 45.5 Å². The molecule has 1 aromatic heterocycles. The van der Waals surface area contributed by atoms with Gasteiger partial charge in [-0.05, 0) is 25.0 Å². The normalized spacial score (nSPS) is 21.4. The first-order chi connectivity index (χ1) is 9.62. The average molecular weight is 327 g/mol. The monoisotopic (exact) mass is 327 g/mol. The molecule has 0 aromatic carbocycles. The van der Waals surface area contributed by atoms with Gasteiger partial charge >= 0.3 is 12.1 Å². The van der Waals surface area contributed by atoms with Crippen LogP contribution in [0.5, 0.6) is 0 Å². The molecule has 6 nitrogen and oxygen atoms in total. The maximum absolute atomic E-state index is 12.7. The predicted octanol–water partition coefficient (Wildman–Crippen LogP) is 1.94. The van der Waals surface area contributed by atoms with Gasteiger partial charge in [0.15, 0.2) is 0 Å². The highest BCUT2D eigenvalue weighted by Crippen LogP contribution is 2.35. The molecule has 0 aliphatic carbocycles. The molecule has 0 bridgehead atoms. The minimum atomic E-state index is -4.47. The summed E-state index contributed by atoms with van der Waals surface area (Å²) in [5, 5.41) is 8.01. The fourth-order valence-electron chi connectivity index (χ4n) is 2.13. The zero-order valence-corrected chi connectivity index (χ0v) is 11.4. The van der Waals surface area contributed by atoms with E-state index in [1.165, 1.54) is 0 Å². The molecule has 0 saturated carbocycles. The van der Waals surface area contributed by atoms with Crippen LogP contribution in [-0.2, 0) is 10.0 Å². The Morgan fingerprint density at radius 2 is 2.05 bits per heavy atom. The molecule has 1 aliphatic heterocycles. The van der Waals surface area contributed by atoms with Gasteiger partial charge in [-0.15, -0.1) is 0 Å². The van der Waals surface area contributed by atoms with Crippen LogP contribution in [0, 0.1) is 5.92 Å². The summed E-state index contributed by atoms with van der Waals surface area (Å²) < 4.78 is 67.8. The Morgan fingerprint density at radius 3 is 2.57 bits per heavy atom. The highest BCUT2D eigenvalue weighted by Gasteiger charge is 2.44. The lowest BCUT2D eigenvalue weighted by Gasteiger charge is -2.32. The lowest BCUT2D eigenvalue weighted by atomic mass is 9.99. The van der Waals surface area contributed by atoms with E-state index in [4.69, 9.17) is 5.11 Å². The fraction of sp³-hybridized carbons (Fsp3) is 0.545. The summed E-state index contributed by atoms with van der Waals surface area (Å²) in [5.74, 6) is -3.77. The van der Waals surface area contributed by atoms with Gasteiger partial charge in [0.25, 0.3) is 10.0 Å². The standard InChI is InChI=1S/C11H12F3NO5S/c12-11(13,14)7-2-1-5-15(6-7)21(18,19)9-4-3-8(20-9)10(16)17/h3-4,7H,1-2,5-6H2,(H,16,17). The van der Waals surface area contributed by atoms with E-state index in [0.29, 0.717) is 4.31 Å². The van der Waals surface area contributed by atoms with Crippen LogP contribution in [0.3, 0.4) is 0 Å². The number of hydrogen-bond acceptors (Lipinski definition) is 4. The number of sulfonamides is 1. The van der Waals surface area contributed by atoms with Crippen molar-refractivity contribution in [2.75, 3.05) is 13.1 Å². The number of alkyl halides is 3. The zero-order chi connectivity index (χ0) is 15.8. The van der Waals surface area contributed by atoms with E-state index >= 15 is 0 Å². The van der Waals surface area contributed by atoms with Crippen molar-refractivity contribution < 1.29 is 35.9 Å². The fourth-order valence-corrected chi connectivity index (χ4v) is 3.56. The lowest BCUT2D eigenvalue weighted by molar-refractivity contribution is -0.182. The van der Waals surface area contributed by atoms with Gasteiger partial charge in [0, 0.05) is 13.1 Å². The van der Waals surface area contributed by atoms with E-state index in [0.717, 1.165) is 12.1 Å². The smallest absolute Gasteiger partial charge is 0.393 e. The van der Waals surface area contributed by atoms with Crippen LogP contribution in [0.15, 0.2) is 21.6 Å². The van der Waals surface area contributed by atoms with Crippen LogP contribution >= 0.6 is 0 Å². The number of furan rings is 1. The van der Waals surface area contributed by atoms with Crippen molar-refractivity contribution in [3.8, 4) is 0 Å². The first-order valence-electron chi connectivity index (χ1n) is 6.02. The third-order valence-corrected chi connectivity index (χ3v) is 4.97. The highest BCUT2D eigenvalue weighted by atomic mass is 32.2. The molecule has 0 radical (unpaired) electrons. The molecular formula is C11H12F3NO5S.